The van der Waals surface area contributed by atoms with E-state index in [1.165, 1.54) is 12.8 Å². The van der Waals surface area contributed by atoms with E-state index in [9.17, 15) is 0 Å². The number of hydrogen-bond donors (Lipinski definition) is 1. The highest BCUT2D eigenvalue weighted by atomic mass is 35.5. The van der Waals surface area contributed by atoms with Gasteiger partial charge in [-0.3, -0.25) is 0 Å². The lowest BCUT2D eigenvalue weighted by molar-refractivity contribution is 0.302. The van der Waals surface area contributed by atoms with Gasteiger partial charge in [0, 0.05) is 38.8 Å². The van der Waals surface area contributed by atoms with E-state index in [0.29, 0.717) is 27.7 Å². The van der Waals surface area contributed by atoms with E-state index in [2.05, 4.69) is 5.32 Å². The van der Waals surface area contributed by atoms with E-state index in [0.717, 1.165) is 23.4 Å². The minimum atomic E-state index is 0.330. The molecule has 1 aliphatic carbocycles. The van der Waals surface area contributed by atoms with Gasteiger partial charge in [-0.25, -0.2) is 0 Å². The van der Waals surface area contributed by atoms with Crippen LogP contribution in [0.15, 0.2) is 36.4 Å². The van der Waals surface area contributed by atoms with Crippen molar-refractivity contribution in [3.05, 3.63) is 62.6 Å². The fourth-order valence-corrected chi connectivity index (χ4v) is 2.89. The summed E-state index contributed by atoms with van der Waals surface area (Å²) < 4.78 is 5.93. The Morgan fingerprint density at radius 3 is 2.45 bits per heavy atom. The van der Waals surface area contributed by atoms with E-state index in [1.807, 2.05) is 36.4 Å². The van der Waals surface area contributed by atoms with Gasteiger partial charge in [-0.1, -0.05) is 40.9 Å². The summed E-state index contributed by atoms with van der Waals surface area (Å²) in [5.41, 5.74) is 1.84. The molecule has 0 aromatic heterocycles. The van der Waals surface area contributed by atoms with Crippen LogP contribution in [0.3, 0.4) is 0 Å². The number of rotatable bonds is 6. The second kappa shape index (κ2) is 7.10. The quantitative estimate of drug-likeness (QED) is 0.740. The van der Waals surface area contributed by atoms with Gasteiger partial charge in [0.1, 0.15) is 12.4 Å². The van der Waals surface area contributed by atoms with E-state index < -0.39 is 0 Å². The zero-order chi connectivity index (χ0) is 15.5. The minimum Gasteiger partial charge on any atom is -0.488 e. The van der Waals surface area contributed by atoms with Crippen LogP contribution in [0.5, 0.6) is 5.75 Å². The normalized spacial score (nSPS) is 14.1. The third-order valence-corrected chi connectivity index (χ3v) is 4.56. The predicted octanol–water partition coefficient (Wildman–Crippen LogP) is 5.48. The van der Waals surface area contributed by atoms with Crippen LogP contribution in [0.2, 0.25) is 15.1 Å². The summed E-state index contributed by atoms with van der Waals surface area (Å²) in [7, 11) is 0. The molecule has 2 nitrogen and oxygen atoms in total. The first kappa shape index (κ1) is 15.9. The van der Waals surface area contributed by atoms with Gasteiger partial charge in [-0.05, 0) is 43.2 Å². The molecule has 0 saturated heterocycles. The average Bonchev–Trinajstić information content (AvgIpc) is 3.30. The molecule has 0 amide bonds. The molecule has 0 radical (unpaired) electrons. The Labute approximate surface area is 145 Å². The minimum absolute atomic E-state index is 0.330. The summed E-state index contributed by atoms with van der Waals surface area (Å²) in [4.78, 5) is 0. The summed E-state index contributed by atoms with van der Waals surface area (Å²) in [5.74, 6) is 0.800. The van der Waals surface area contributed by atoms with Crippen molar-refractivity contribution in [1.29, 1.82) is 0 Å². The van der Waals surface area contributed by atoms with Gasteiger partial charge in [0.15, 0.2) is 0 Å². The molecule has 22 heavy (non-hydrogen) atoms. The van der Waals surface area contributed by atoms with Crippen LogP contribution in [-0.4, -0.2) is 6.04 Å². The monoisotopic (exact) mass is 355 g/mol. The smallest absolute Gasteiger partial charge is 0.124 e. The zero-order valence-corrected chi connectivity index (χ0v) is 14.2. The number of hydrogen-bond acceptors (Lipinski definition) is 2. The highest BCUT2D eigenvalue weighted by Crippen LogP contribution is 2.29. The molecule has 0 unspecified atom stereocenters. The topological polar surface area (TPSA) is 21.3 Å². The molecule has 0 atom stereocenters. The highest BCUT2D eigenvalue weighted by molar-refractivity contribution is 6.36. The van der Waals surface area contributed by atoms with Gasteiger partial charge in [-0.2, -0.15) is 0 Å². The van der Waals surface area contributed by atoms with Crippen molar-refractivity contribution in [1.82, 2.24) is 5.32 Å². The van der Waals surface area contributed by atoms with Crippen LogP contribution in [-0.2, 0) is 13.2 Å². The van der Waals surface area contributed by atoms with E-state index in [1.54, 1.807) is 0 Å². The van der Waals surface area contributed by atoms with Crippen molar-refractivity contribution in [2.24, 2.45) is 0 Å². The van der Waals surface area contributed by atoms with Gasteiger partial charge in [-0.15, -0.1) is 0 Å². The Kier molecular flexibility index (Phi) is 5.14. The number of benzene rings is 2. The third kappa shape index (κ3) is 4.08. The van der Waals surface area contributed by atoms with Crippen molar-refractivity contribution in [2.75, 3.05) is 0 Å². The Hall–Kier alpha value is -0.930. The highest BCUT2D eigenvalue weighted by Gasteiger charge is 2.20. The fraction of sp³-hybridized carbons (Fsp3) is 0.294. The predicted molar refractivity (Wildman–Crippen MR) is 92.1 cm³/mol. The first-order chi connectivity index (χ1) is 10.6. The van der Waals surface area contributed by atoms with Gasteiger partial charge in [0.2, 0.25) is 0 Å². The molecule has 0 heterocycles. The van der Waals surface area contributed by atoms with Crippen LogP contribution in [0, 0.1) is 0 Å². The summed E-state index contributed by atoms with van der Waals surface area (Å²) in [6, 6.07) is 11.7. The van der Waals surface area contributed by atoms with Crippen LogP contribution in [0.1, 0.15) is 24.0 Å². The van der Waals surface area contributed by atoms with E-state index >= 15 is 0 Å². The second-order valence-corrected chi connectivity index (χ2v) is 6.65. The fourth-order valence-electron chi connectivity index (χ4n) is 2.19. The summed E-state index contributed by atoms with van der Waals surface area (Å²) in [6.07, 6.45) is 2.48. The third-order valence-electron chi connectivity index (χ3n) is 3.61. The molecular weight excluding hydrogens is 341 g/mol. The van der Waals surface area contributed by atoms with Crippen molar-refractivity contribution in [3.63, 3.8) is 0 Å². The van der Waals surface area contributed by atoms with Crippen molar-refractivity contribution in [3.8, 4) is 5.75 Å². The Morgan fingerprint density at radius 2 is 1.77 bits per heavy atom. The lowest BCUT2D eigenvalue weighted by Gasteiger charge is -2.14. The van der Waals surface area contributed by atoms with Gasteiger partial charge in [0.05, 0.1) is 0 Å². The van der Waals surface area contributed by atoms with E-state index in [-0.39, 0.29) is 0 Å². The Morgan fingerprint density at radius 1 is 1.05 bits per heavy atom. The molecule has 116 valence electrons. The van der Waals surface area contributed by atoms with Crippen LogP contribution in [0.4, 0.5) is 0 Å². The summed E-state index contributed by atoms with van der Waals surface area (Å²) in [5, 5.41) is 5.40. The lowest BCUT2D eigenvalue weighted by atomic mass is 10.2. The van der Waals surface area contributed by atoms with Gasteiger partial charge >= 0.3 is 0 Å². The van der Waals surface area contributed by atoms with Crippen LogP contribution in [0.25, 0.3) is 0 Å². The maximum Gasteiger partial charge on any atom is 0.124 e. The lowest BCUT2D eigenvalue weighted by Crippen LogP contribution is -2.16. The standard InChI is InChI=1S/C17H16Cl3NO/c18-12-4-7-17(11(8-12)9-21-13-5-6-13)22-10-14-15(19)2-1-3-16(14)20/h1-4,7-8,13,21H,5-6,9-10H2. The van der Waals surface area contributed by atoms with Crippen molar-refractivity contribution >= 4 is 34.8 Å². The molecule has 0 spiro atoms. The maximum absolute atomic E-state index is 6.17. The second-order valence-electron chi connectivity index (χ2n) is 5.40. The molecular formula is C17H16Cl3NO. The van der Waals surface area contributed by atoms with Gasteiger partial charge < -0.3 is 10.1 Å². The summed E-state index contributed by atoms with van der Waals surface area (Å²) in [6.45, 7) is 1.08. The molecule has 2 aromatic rings. The molecule has 3 rings (SSSR count). The van der Waals surface area contributed by atoms with Crippen molar-refractivity contribution < 1.29 is 4.74 Å². The van der Waals surface area contributed by atoms with Gasteiger partial charge in [0.25, 0.3) is 0 Å². The molecule has 2 aromatic carbocycles. The first-order valence-corrected chi connectivity index (χ1v) is 8.34. The SMILES string of the molecule is Clc1ccc(OCc2c(Cl)cccc2Cl)c(CNC2CC2)c1. The molecule has 1 aliphatic rings. The molecule has 1 fully saturated rings. The molecule has 0 aliphatic heterocycles. The van der Waals surface area contributed by atoms with Crippen molar-refractivity contribution in [2.45, 2.75) is 32.0 Å². The summed E-state index contributed by atoms with van der Waals surface area (Å²) >= 11 is 18.4. The maximum atomic E-state index is 6.17. The number of halogens is 3. The number of nitrogens with one attached hydrogen (secondary N) is 1. The van der Waals surface area contributed by atoms with Crippen LogP contribution < -0.4 is 10.1 Å². The molecule has 0 bridgehead atoms. The largest absolute Gasteiger partial charge is 0.488 e. The average molecular weight is 357 g/mol. The molecule has 5 heteroatoms. The molecule has 1 saturated carbocycles. The Balaban J connectivity index is 1.73. The van der Waals surface area contributed by atoms with Crippen LogP contribution >= 0.6 is 34.8 Å². The Bertz CT molecular complexity index is 651. The number of ether oxygens (including phenoxy) is 1. The zero-order valence-electron chi connectivity index (χ0n) is 11.9. The van der Waals surface area contributed by atoms with E-state index in [4.69, 9.17) is 39.5 Å². The first-order valence-electron chi connectivity index (χ1n) is 7.21. The molecule has 1 N–H and O–H groups in total.